The monoisotopic (exact) mass is 243 g/mol. The highest BCUT2D eigenvalue weighted by Gasteiger charge is 2.20. The Morgan fingerprint density at radius 3 is 2.00 bits per heavy atom. The predicted molar refractivity (Wildman–Crippen MR) is 81.7 cm³/mol. The first-order valence-electron chi connectivity index (χ1n) is 7.86. The van der Waals surface area contributed by atoms with Crippen molar-refractivity contribution >= 4 is 0 Å². The highest BCUT2D eigenvalue weighted by molar-refractivity contribution is 4.74. The second-order valence-corrected chi connectivity index (χ2v) is 5.21. The van der Waals surface area contributed by atoms with Gasteiger partial charge in [0.05, 0.1) is 0 Å². The van der Waals surface area contributed by atoms with E-state index in [1.165, 1.54) is 51.7 Å². The first-order valence-corrected chi connectivity index (χ1v) is 7.86. The molecule has 1 aliphatic rings. The average molecular weight is 243 g/mol. The van der Waals surface area contributed by atoms with Gasteiger partial charge >= 0.3 is 0 Å². The molecule has 0 radical (unpaired) electrons. The molecule has 1 nitrogen and oxygen atoms in total. The molecule has 0 saturated carbocycles. The number of rotatable bonds is 2. The van der Waals surface area contributed by atoms with Crippen LogP contribution in [0.15, 0.2) is 0 Å². The first kappa shape index (κ1) is 19.3. The number of nitrogens with zero attached hydrogens (tertiary/aromatic N) is 1. The smallest absolute Gasteiger partial charge is 0.00137 e. The molecule has 0 amide bonds. The van der Waals surface area contributed by atoms with Gasteiger partial charge in [-0.15, -0.1) is 0 Å². The lowest BCUT2D eigenvalue weighted by atomic mass is 9.82. The molecule has 0 spiro atoms. The minimum atomic E-state index is 0.590. The standard InChI is InChI=1S/C12H25N.2C2H6/c1-4-9-13-10-6-5-7-12(2,3)8-11-13;2*1-2/h4-11H2,1-3H3;2*1-2H3. The zero-order valence-corrected chi connectivity index (χ0v) is 13.6. The van der Waals surface area contributed by atoms with Crippen molar-refractivity contribution in [1.82, 2.24) is 4.90 Å². The SMILES string of the molecule is CC.CC.CCCN1CCCCC(C)(C)CC1. The summed E-state index contributed by atoms with van der Waals surface area (Å²) >= 11 is 0. The van der Waals surface area contributed by atoms with Crippen LogP contribution in [-0.4, -0.2) is 24.5 Å². The maximum atomic E-state index is 2.64. The normalized spacial score (nSPS) is 19.9. The highest BCUT2D eigenvalue weighted by atomic mass is 15.1. The minimum absolute atomic E-state index is 0.590. The van der Waals surface area contributed by atoms with Crippen LogP contribution in [0.2, 0.25) is 0 Å². The second-order valence-electron chi connectivity index (χ2n) is 5.21. The Kier molecular flexibility index (Phi) is 14.1. The van der Waals surface area contributed by atoms with Gasteiger partial charge in [-0.25, -0.2) is 0 Å². The summed E-state index contributed by atoms with van der Waals surface area (Å²) in [7, 11) is 0. The number of hydrogen-bond donors (Lipinski definition) is 0. The molecule has 0 unspecified atom stereocenters. The van der Waals surface area contributed by atoms with Crippen LogP contribution >= 0.6 is 0 Å². The predicted octanol–water partition coefficient (Wildman–Crippen LogP) is 5.35. The minimum Gasteiger partial charge on any atom is -0.303 e. The molecule has 106 valence electrons. The average Bonchev–Trinajstić information content (AvgIpc) is 2.35. The summed E-state index contributed by atoms with van der Waals surface area (Å²) in [6.45, 7) is 19.1. The summed E-state index contributed by atoms with van der Waals surface area (Å²) in [5.41, 5.74) is 0.590. The Labute approximate surface area is 111 Å². The fourth-order valence-corrected chi connectivity index (χ4v) is 2.18. The molecule has 1 fully saturated rings. The van der Waals surface area contributed by atoms with Crippen LogP contribution in [0.3, 0.4) is 0 Å². The van der Waals surface area contributed by atoms with Crippen molar-refractivity contribution in [3.8, 4) is 0 Å². The molecule has 1 heterocycles. The van der Waals surface area contributed by atoms with E-state index in [9.17, 15) is 0 Å². The molecule has 1 aliphatic heterocycles. The molecule has 0 atom stereocenters. The van der Waals surface area contributed by atoms with E-state index in [2.05, 4.69) is 25.7 Å². The third-order valence-electron chi connectivity index (χ3n) is 3.22. The summed E-state index contributed by atoms with van der Waals surface area (Å²) in [4.78, 5) is 2.64. The Morgan fingerprint density at radius 2 is 1.47 bits per heavy atom. The molecule has 17 heavy (non-hydrogen) atoms. The summed E-state index contributed by atoms with van der Waals surface area (Å²) in [5.74, 6) is 0. The maximum Gasteiger partial charge on any atom is -0.00137 e. The quantitative estimate of drug-likeness (QED) is 0.632. The van der Waals surface area contributed by atoms with Gasteiger partial charge in [-0.3, -0.25) is 0 Å². The van der Waals surface area contributed by atoms with E-state index < -0.39 is 0 Å². The molecule has 0 bridgehead atoms. The number of likely N-dealkylation sites (tertiary alicyclic amines) is 1. The Hall–Kier alpha value is -0.0400. The van der Waals surface area contributed by atoms with Gasteiger partial charge in [-0.05, 0) is 50.7 Å². The maximum absolute atomic E-state index is 2.64. The summed E-state index contributed by atoms with van der Waals surface area (Å²) in [5, 5.41) is 0. The van der Waals surface area contributed by atoms with E-state index in [1.54, 1.807) is 0 Å². The summed E-state index contributed by atoms with van der Waals surface area (Å²) in [6, 6.07) is 0. The van der Waals surface area contributed by atoms with Gasteiger partial charge in [0, 0.05) is 0 Å². The number of hydrogen-bond acceptors (Lipinski definition) is 1. The van der Waals surface area contributed by atoms with E-state index in [1.807, 2.05) is 27.7 Å². The fourth-order valence-electron chi connectivity index (χ4n) is 2.18. The molecule has 1 rings (SSSR count). The molecule has 0 aliphatic carbocycles. The van der Waals surface area contributed by atoms with Gasteiger partial charge in [0.2, 0.25) is 0 Å². The van der Waals surface area contributed by atoms with Crippen LogP contribution in [0.25, 0.3) is 0 Å². The Balaban J connectivity index is 0. The van der Waals surface area contributed by atoms with Gasteiger partial charge in [0.1, 0.15) is 0 Å². The van der Waals surface area contributed by atoms with Gasteiger partial charge in [0.25, 0.3) is 0 Å². The van der Waals surface area contributed by atoms with Crippen molar-refractivity contribution in [2.75, 3.05) is 19.6 Å². The molecular formula is C16H37N. The largest absolute Gasteiger partial charge is 0.303 e. The zero-order valence-electron chi connectivity index (χ0n) is 13.6. The van der Waals surface area contributed by atoms with E-state index >= 15 is 0 Å². The molecule has 0 aromatic carbocycles. The lowest BCUT2D eigenvalue weighted by Crippen LogP contribution is -2.32. The summed E-state index contributed by atoms with van der Waals surface area (Å²) in [6.07, 6.45) is 6.94. The van der Waals surface area contributed by atoms with Gasteiger partial charge in [-0.2, -0.15) is 0 Å². The van der Waals surface area contributed by atoms with Crippen LogP contribution in [0, 0.1) is 5.41 Å². The van der Waals surface area contributed by atoms with Crippen molar-refractivity contribution in [3.63, 3.8) is 0 Å². The second kappa shape index (κ2) is 12.4. The third kappa shape index (κ3) is 10.8. The van der Waals surface area contributed by atoms with Crippen LogP contribution in [0.4, 0.5) is 0 Å². The van der Waals surface area contributed by atoms with Crippen molar-refractivity contribution < 1.29 is 0 Å². The van der Waals surface area contributed by atoms with Gasteiger partial charge in [-0.1, -0.05) is 54.9 Å². The summed E-state index contributed by atoms with van der Waals surface area (Å²) < 4.78 is 0. The zero-order chi connectivity index (χ0) is 13.7. The van der Waals surface area contributed by atoms with Crippen LogP contribution in [0.5, 0.6) is 0 Å². The molecular weight excluding hydrogens is 206 g/mol. The van der Waals surface area contributed by atoms with Crippen LogP contribution in [0.1, 0.15) is 80.6 Å². The molecule has 0 aromatic heterocycles. The van der Waals surface area contributed by atoms with Crippen molar-refractivity contribution in [2.45, 2.75) is 80.6 Å². The van der Waals surface area contributed by atoms with Crippen molar-refractivity contribution in [1.29, 1.82) is 0 Å². The lowest BCUT2D eigenvalue weighted by Gasteiger charge is -2.32. The molecule has 0 N–H and O–H groups in total. The van der Waals surface area contributed by atoms with Crippen molar-refractivity contribution in [3.05, 3.63) is 0 Å². The van der Waals surface area contributed by atoms with Crippen molar-refractivity contribution in [2.24, 2.45) is 5.41 Å². The van der Waals surface area contributed by atoms with E-state index in [4.69, 9.17) is 0 Å². The Bertz CT molecular complexity index is 140. The first-order chi connectivity index (χ1) is 8.14. The van der Waals surface area contributed by atoms with E-state index in [-0.39, 0.29) is 0 Å². The highest BCUT2D eigenvalue weighted by Crippen LogP contribution is 2.29. The fraction of sp³-hybridized carbons (Fsp3) is 1.00. The Morgan fingerprint density at radius 1 is 0.882 bits per heavy atom. The van der Waals surface area contributed by atoms with Crippen LogP contribution in [-0.2, 0) is 0 Å². The molecule has 1 saturated heterocycles. The molecule has 1 heteroatoms. The van der Waals surface area contributed by atoms with E-state index in [0.29, 0.717) is 5.41 Å². The topological polar surface area (TPSA) is 3.24 Å². The third-order valence-corrected chi connectivity index (χ3v) is 3.22. The van der Waals surface area contributed by atoms with Crippen LogP contribution < -0.4 is 0 Å². The van der Waals surface area contributed by atoms with Gasteiger partial charge < -0.3 is 4.90 Å². The molecule has 0 aromatic rings. The van der Waals surface area contributed by atoms with Gasteiger partial charge in [0.15, 0.2) is 0 Å². The lowest BCUT2D eigenvalue weighted by molar-refractivity contribution is 0.177. The van der Waals surface area contributed by atoms with E-state index in [0.717, 1.165) is 0 Å².